The Morgan fingerprint density at radius 3 is 1.80 bits per heavy atom. The molecule has 1 rings (SSSR count). The molecule has 0 saturated carbocycles. The first kappa shape index (κ1) is 17.4. The van der Waals surface area contributed by atoms with E-state index >= 15 is 0 Å². The fourth-order valence-electron chi connectivity index (χ4n) is 1.81. The van der Waals surface area contributed by atoms with Crippen LogP contribution in [0, 0.1) is 0 Å². The topological polar surface area (TPSA) is 9.23 Å². The number of hydrogen-bond acceptors (Lipinski definition) is 1. The van der Waals surface area contributed by atoms with Crippen LogP contribution in [0.5, 0.6) is 0 Å². The van der Waals surface area contributed by atoms with E-state index in [9.17, 15) is 0 Å². The summed E-state index contributed by atoms with van der Waals surface area (Å²) in [5.41, 5.74) is 3.00. The molecule has 0 radical (unpaired) electrons. The zero-order chi connectivity index (χ0) is 15.6. The van der Waals surface area contributed by atoms with Crippen molar-refractivity contribution in [3.8, 4) is 0 Å². The number of rotatable bonds is 4. The van der Waals surface area contributed by atoms with Crippen LogP contribution in [0.4, 0.5) is 0 Å². The molecule has 1 aromatic carbocycles. The van der Waals surface area contributed by atoms with Crippen molar-refractivity contribution in [1.29, 1.82) is 0 Å². The van der Waals surface area contributed by atoms with Crippen LogP contribution in [0.25, 0.3) is 0 Å². The van der Waals surface area contributed by atoms with Gasteiger partial charge >= 0.3 is 0 Å². The maximum absolute atomic E-state index is 6.23. The molecule has 0 amide bonds. The van der Waals surface area contributed by atoms with Gasteiger partial charge in [-0.3, -0.25) is 0 Å². The Morgan fingerprint density at radius 2 is 1.40 bits per heavy atom. The Balaban J connectivity index is 2.56. The van der Waals surface area contributed by atoms with Crippen molar-refractivity contribution in [2.45, 2.75) is 71.5 Å². The van der Waals surface area contributed by atoms with E-state index < -0.39 is 8.32 Å². The highest BCUT2D eigenvalue weighted by Gasteiger charge is 2.36. The van der Waals surface area contributed by atoms with Crippen LogP contribution in [0.2, 0.25) is 18.1 Å². The summed E-state index contributed by atoms with van der Waals surface area (Å²) in [6, 6.07) is 8.99. The molecule has 0 fully saturated rings. The first-order valence-electron chi connectivity index (χ1n) is 7.67. The lowest BCUT2D eigenvalue weighted by Gasteiger charge is -2.36. The highest BCUT2D eigenvalue weighted by molar-refractivity contribution is 6.74. The molecule has 0 N–H and O–H groups in total. The van der Waals surface area contributed by atoms with Gasteiger partial charge in [-0.15, -0.1) is 0 Å². The molecular formula is C18H32OSi. The molecule has 0 aromatic heterocycles. The van der Waals surface area contributed by atoms with Crippen molar-refractivity contribution < 1.29 is 4.43 Å². The summed E-state index contributed by atoms with van der Waals surface area (Å²) in [5.74, 6) is 0. The third-order valence-corrected chi connectivity index (χ3v) is 9.02. The zero-order valence-electron chi connectivity index (χ0n) is 14.6. The fourth-order valence-corrected chi connectivity index (χ4v) is 2.86. The van der Waals surface area contributed by atoms with E-state index in [4.69, 9.17) is 4.43 Å². The van der Waals surface area contributed by atoms with Gasteiger partial charge in [-0.2, -0.15) is 0 Å². The Hall–Kier alpha value is -0.603. The van der Waals surface area contributed by atoms with Crippen LogP contribution in [-0.4, -0.2) is 14.9 Å². The lowest BCUT2D eigenvalue weighted by atomic mass is 9.86. The Labute approximate surface area is 126 Å². The van der Waals surface area contributed by atoms with E-state index in [1.165, 1.54) is 11.1 Å². The summed E-state index contributed by atoms with van der Waals surface area (Å²) >= 11 is 0. The molecule has 0 aliphatic rings. The first-order chi connectivity index (χ1) is 8.93. The summed E-state index contributed by atoms with van der Waals surface area (Å²) in [4.78, 5) is 0. The fraction of sp³-hybridized carbons (Fsp3) is 0.667. The smallest absolute Gasteiger partial charge is 0.191 e. The Kier molecular flexibility index (Phi) is 5.26. The second-order valence-electron chi connectivity index (χ2n) is 8.31. The van der Waals surface area contributed by atoms with E-state index in [1.54, 1.807) is 0 Å². The molecule has 0 spiro atoms. The van der Waals surface area contributed by atoms with Crippen LogP contribution >= 0.6 is 0 Å². The number of benzene rings is 1. The normalized spacial score (nSPS) is 13.6. The molecule has 0 bridgehead atoms. The van der Waals surface area contributed by atoms with Gasteiger partial charge in [-0.1, -0.05) is 65.8 Å². The van der Waals surface area contributed by atoms with Crippen LogP contribution in [-0.2, 0) is 16.3 Å². The van der Waals surface area contributed by atoms with E-state index in [0.717, 1.165) is 13.0 Å². The van der Waals surface area contributed by atoms with Gasteiger partial charge in [0.1, 0.15) is 0 Å². The lowest BCUT2D eigenvalue weighted by Crippen LogP contribution is -2.41. The molecule has 0 aliphatic heterocycles. The van der Waals surface area contributed by atoms with E-state index in [-0.39, 0.29) is 5.41 Å². The summed E-state index contributed by atoms with van der Waals surface area (Å²) in [5, 5.41) is 0.295. The van der Waals surface area contributed by atoms with E-state index in [2.05, 4.69) is 78.9 Å². The first-order valence-corrected chi connectivity index (χ1v) is 10.6. The van der Waals surface area contributed by atoms with Crippen molar-refractivity contribution in [2.24, 2.45) is 0 Å². The van der Waals surface area contributed by atoms with Gasteiger partial charge < -0.3 is 4.43 Å². The summed E-state index contributed by atoms with van der Waals surface area (Å²) < 4.78 is 6.23. The van der Waals surface area contributed by atoms with Crippen LogP contribution in [0.15, 0.2) is 24.3 Å². The minimum atomic E-state index is -1.60. The largest absolute Gasteiger partial charge is 0.416 e. The molecule has 0 aliphatic carbocycles. The molecule has 0 saturated heterocycles. The summed E-state index contributed by atoms with van der Waals surface area (Å²) in [6.07, 6.45) is 1.01. The molecule has 1 aromatic rings. The second-order valence-corrected chi connectivity index (χ2v) is 13.1. The third kappa shape index (κ3) is 4.74. The average Bonchev–Trinajstić information content (AvgIpc) is 2.26. The van der Waals surface area contributed by atoms with Crippen molar-refractivity contribution in [3.63, 3.8) is 0 Å². The van der Waals surface area contributed by atoms with E-state index in [0.29, 0.717) is 5.04 Å². The van der Waals surface area contributed by atoms with Crippen molar-refractivity contribution in [3.05, 3.63) is 35.4 Å². The third-order valence-electron chi connectivity index (χ3n) is 4.48. The molecule has 0 heterocycles. The minimum Gasteiger partial charge on any atom is -0.416 e. The maximum atomic E-state index is 6.23. The van der Waals surface area contributed by atoms with Crippen LogP contribution in [0.1, 0.15) is 52.7 Å². The zero-order valence-corrected chi connectivity index (χ0v) is 15.6. The molecule has 1 nitrogen and oxygen atoms in total. The molecule has 2 heteroatoms. The van der Waals surface area contributed by atoms with Crippen molar-refractivity contribution >= 4 is 8.32 Å². The van der Waals surface area contributed by atoms with Gasteiger partial charge in [0.2, 0.25) is 0 Å². The molecule has 114 valence electrons. The lowest BCUT2D eigenvalue weighted by molar-refractivity contribution is 0.292. The maximum Gasteiger partial charge on any atom is 0.191 e. The Bertz CT molecular complexity index is 418. The van der Waals surface area contributed by atoms with Gasteiger partial charge in [-0.25, -0.2) is 0 Å². The predicted octanol–water partition coefficient (Wildman–Crippen LogP) is 5.55. The number of hydrogen-bond donors (Lipinski definition) is 0. The standard InChI is InChI=1S/C18H32OSi/c1-17(2,3)16-11-9-15(10-12-16)13-14-19-20(7,8)18(4,5)6/h9-12H,13-14H2,1-8H3. The highest BCUT2D eigenvalue weighted by atomic mass is 28.4. The molecule has 0 atom stereocenters. The molecular weight excluding hydrogens is 260 g/mol. The highest BCUT2D eigenvalue weighted by Crippen LogP contribution is 2.36. The van der Waals surface area contributed by atoms with Crippen LogP contribution in [0.3, 0.4) is 0 Å². The minimum absolute atomic E-state index is 0.232. The average molecular weight is 293 g/mol. The summed E-state index contributed by atoms with van der Waals surface area (Å²) in [6.45, 7) is 19.1. The Morgan fingerprint density at radius 1 is 0.900 bits per heavy atom. The van der Waals surface area contributed by atoms with Crippen molar-refractivity contribution in [2.75, 3.05) is 6.61 Å². The second kappa shape index (κ2) is 6.03. The van der Waals surface area contributed by atoms with Crippen LogP contribution < -0.4 is 0 Å². The quantitative estimate of drug-likeness (QED) is 0.661. The van der Waals surface area contributed by atoms with Gasteiger partial charge in [0, 0.05) is 6.61 Å². The monoisotopic (exact) mass is 292 g/mol. The predicted molar refractivity (Wildman–Crippen MR) is 92.0 cm³/mol. The van der Waals surface area contributed by atoms with Gasteiger partial charge in [-0.05, 0) is 41.1 Å². The summed E-state index contributed by atoms with van der Waals surface area (Å²) in [7, 11) is -1.60. The SMILES string of the molecule is CC(C)(C)c1ccc(CCO[Si](C)(C)C(C)(C)C)cc1. The van der Waals surface area contributed by atoms with Gasteiger partial charge in [0.25, 0.3) is 0 Å². The molecule has 0 unspecified atom stereocenters. The van der Waals surface area contributed by atoms with Gasteiger partial charge in [0.15, 0.2) is 8.32 Å². The van der Waals surface area contributed by atoms with E-state index in [1.807, 2.05) is 0 Å². The molecule has 20 heavy (non-hydrogen) atoms. The van der Waals surface area contributed by atoms with Gasteiger partial charge in [0.05, 0.1) is 0 Å². The van der Waals surface area contributed by atoms with Crippen molar-refractivity contribution in [1.82, 2.24) is 0 Å².